The summed E-state index contributed by atoms with van der Waals surface area (Å²) in [6.45, 7) is 8.28. The van der Waals surface area contributed by atoms with Crippen molar-refractivity contribution in [3.05, 3.63) is 0 Å². The zero-order valence-corrected chi connectivity index (χ0v) is 15.7. The lowest BCUT2D eigenvalue weighted by atomic mass is 9.90. The van der Waals surface area contributed by atoms with Crippen LogP contribution in [0.15, 0.2) is 0 Å². The molecule has 0 spiro atoms. The van der Waals surface area contributed by atoms with Gasteiger partial charge in [-0.3, -0.25) is 9.59 Å². The van der Waals surface area contributed by atoms with Crippen LogP contribution in [0.1, 0.15) is 72.1 Å². The highest BCUT2D eigenvalue weighted by atomic mass is 16.2. The molecule has 24 heavy (non-hydrogen) atoms. The first-order valence-electron chi connectivity index (χ1n) is 9.98. The van der Waals surface area contributed by atoms with Gasteiger partial charge in [-0.25, -0.2) is 0 Å². The van der Waals surface area contributed by atoms with Gasteiger partial charge >= 0.3 is 0 Å². The molecule has 0 unspecified atom stereocenters. The van der Waals surface area contributed by atoms with Crippen LogP contribution in [-0.4, -0.2) is 47.3 Å². The lowest BCUT2D eigenvalue weighted by Gasteiger charge is -2.39. The number of hydrogen-bond acceptors (Lipinski definition) is 2. The van der Waals surface area contributed by atoms with Crippen LogP contribution in [-0.2, 0) is 9.59 Å². The zero-order valence-electron chi connectivity index (χ0n) is 15.7. The van der Waals surface area contributed by atoms with Crippen LogP contribution in [0.3, 0.4) is 0 Å². The standard InChI is InChI=1S/C20H34N2O2/c1-20(2,3)19(24)21-12-6-10-16(14-21)18(23)22-13-7-11-17(22)15-8-4-5-9-15/h15-17H,4-14H2,1-3H3/t16-,17+/m0/s1. The molecular weight excluding hydrogens is 300 g/mol. The van der Waals surface area contributed by atoms with Crippen molar-refractivity contribution in [3.63, 3.8) is 0 Å². The third-order valence-electron chi connectivity index (χ3n) is 6.23. The molecule has 2 atom stereocenters. The van der Waals surface area contributed by atoms with Gasteiger partial charge in [0, 0.05) is 31.1 Å². The van der Waals surface area contributed by atoms with Crippen LogP contribution in [0.25, 0.3) is 0 Å². The fourth-order valence-corrected chi connectivity index (χ4v) is 4.97. The Labute approximate surface area is 146 Å². The van der Waals surface area contributed by atoms with Gasteiger partial charge in [-0.05, 0) is 44.4 Å². The molecule has 0 aromatic heterocycles. The fourth-order valence-electron chi connectivity index (χ4n) is 4.97. The average Bonchev–Trinajstić information content (AvgIpc) is 3.23. The van der Waals surface area contributed by atoms with E-state index >= 15 is 0 Å². The number of likely N-dealkylation sites (tertiary alicyclic amines) is 2. The summed E-state index contributed by atoms with van der Waals surface area (Å²) in [4.78, 5) is 29.9. The van der Waals surface area contributed by atoms with Crippen molar-refractivity contribution in [1.82, 2.24) is 9.80 Å². The van der Waals surface area contributed by atoms with E-state index in [1.165, 1.54) is 32.1 Å². The molecule has 1 aliphatic carbocycles. The maximum Gasteiger partial charge on any atom is 0.227 e. The first-order valence-corrected chi connectivity index (χ1v) is 9.98. The van der Waals surface area contributed by atoms with Crippen molar-refractivity contribution in [2.24, 2.45) is 17.3 Å². The highest BCUT2D eigenvalue weighted by Gasteiger charge is 2.40. The predicted molar refractivity (Wildman–Crippen MR) is 95.5 cm³/mol. The summed E-state index contributed by atoms with van der Waals surface area (Å²) in [7, 11) is 0. The molecule has 2 heterocycles. The molecule has 0 N–H and O–H groups in total. The Kier molecular flexibility index (Phi) is 5.22. The Bertz CT molecular complexity index is 477. The maximum absolute atomic E-state index is 13.2. The van der Waals surface area contributed by atoms with Crippen molar-refractivity contribution in [2.45, 2.75) is 78.2 Å². The van der Waals surface area contributed by atoms with Gasteiger partial charge in [-0.2, -0.15) is 0 Å². The molecule has 3 rings (SSSR count). The summed E-state index contributed by atoms with van der Waals surface area (Å²) >= 11 is 0. The van der Waals surface area contributed by atoms with Gasteiger partial charge in [0.15, 0.2) is 0 Å². The predicted octanol–water partition coefficient (Wildman–Crippen LogP) is 3.45. The van der Waals surface area contributed by atoms with Crippen molar-refractivity contribution in [2.75, 3.05) is 19.6 Å². The van der Waals surface area contributed by atoms with E-state index in [4.69, 9.17) is 0 Å². The summed E-state index contributed by atoms with van der Waals surface area (Å²) in [6.07, 6.45) is 9.52. The molecule has 1 saturated carbocycles. The highest BCUT2D eigenvalue weighted by molar-refractivity contribution is 5.84. The number of carbonyl (C=O) groups is 2. The van der Waals surface area contributed by atoms with Crippen molar-refractivity contribution in [3.8, 4) is 0 Å². The second-order valence-corrected chi connectivity index (χ2v) is 9.13. The van der Waals surface area contributed by atoms with Gasteiger partial charge in [0.05, 0.1) is 5.92 Å². The van der Waals surface area contributed by atoms with Gasteiger partial charge in [0.2, 0.25) is 11.8 Å². The summed E-state index contributed by atoms with van der Waals surface area (Å²) in [5.41, 5.74) is -0.356. The first-order chi connectivity index (χ1) is 11.4. The average molecular weight is 335 g/mol. The van der Waals surface area contributed by atoms with E-state index in [0.29, 0.717) is 18.5 Å². The number of amides is 2. The highest BCUT2D eigenvalue weighted by Crippen LogP contribution is 2.36. The van der Waals surface area contributed by atoms with Crippen LogP contribution in [0.5, 0.6) is 0 Å². The van der Waals surface area contributed by atoms with Crippen LogP contribution in [0.4, 0.5) is 0 Å². The molecule has 3 aliphatic rings. The van der Waals surface area contributed by atoms with E-state index in [2.05, 4.69) is 4.90 Å². The third-order valence-corrected chi connectivity index (χ3v) is 6.23. The van der Waals surface area contributed by atoms with Gasteiger partial charge in [-0.1, -0.05) is 33.6 Å². The second-order valence-electron chi connectivity index (χ2n) is 9.13. The van der Waals surface area contributed by atoms with Crippen LogP contribution < -0.4 is 0 Å². The monoisotopic (exact) mass is 334 g/mol. The van der Waals surface area contributed by atoms with E-state index in [1.54, 1.807) is 0 Å². The largest absolute Gasteiger partial charge is 0.341 e. The minimum Gasteiger partial charge on any atom is -0.341 e. The molecule has 136 valence electrons. The topological polar surface area (TPSA) is 40.6 Å². The quantitative estimate of drug-likeness (QED) is 0.776. The van der Waals surface area contributed by atoms with Crippen LogP contribution in [0.2, 0.25) is 0 Å². The van der Waals surface area contributed by atoms with Crippen molar-refractivity contribution < 1.29 is 9.59 Å². The van der Waals surface area contributed by atoms with Gasteiger partial charge < -0.3 is 9.80 Å². The van der Waals surface area contributed by atoms with Crippen molar-refractivity contribution in [1.29, 1.82) is 0 Å². The molecule has 3 fully saturated rings. The normalized spacial score (nSPS) is 29.3. The Balaban J connectivity index is 1.64. The van der Waals surface area contributed by atoms with E-state index in [0.717, 1.165) is 38.3 Å². The summed E-state index contributed by atoms with van der Waals surface area (Å²) in [5.74, 6) is 1.27. The molecule has 4 nitrogen and oxygen atoms in total. The molecule has 2 amide bonds. The Morgan fingerprint density at radius 3 is 2.21 bits per heavy atom. The zero-order chi connectivity index (χ0) is 17.3. The van der Waals surface area contributed by atoms with Gasteiger partial charge in [0.25, 0.3) is 0 Å². The second kappa shape index (κ2) is 7.05. The molecule has 4 heteroatoms. The number of nitrogens with zero attached hydrogens (tertiary/aromatic N) is 2. The molecular formula is C20H34N2O2. The maximum atomic E-state index is 13.2. The fraction of sp³-hybridized carbons (Fsp3) is 0.900. The number of hydrogen-bond donors (Lipinski definition) is 0. The molecule has 0 aromatic carbocycles. The number of carbonyl (C=O) groups excluding carboxylic acids is 2. The summed E-state index contributed by atoms with van der Waals surface area (Å²) < 4.78 is 0. The lowest BCUT2D eigenvalue weighted by molar-refractivity contribution is -0.146. The van der Waals surface area contributed by atoms with E-state index in [9.17, 15) is 9.59 Å². The number of piperidine rings is 1. The summed E-state index contributed by atoms with van der Waals surface area (Å²) in [6, 6.07) is 0.480. The first kappa shape index (κ1) is 17.8. The Hall–Kier alpha value is -1.06. The molecule has 0 bridgehead atoms. The smallest absolute Gasteiger partial charge is 0.227 e. The lowest BCUT2D eigenvalue weighted by Crippen LogP contribution is -2.51. The molecule has 2 saturated heterocycles. The minimum absolute atomic E-state index is 0.0204. The minimum atomic E-state index is -0.356. The molecule has 0 radical (unpaired) electrons. The third kappa shape index (κ3) is 3.62. The Morgan fingerprint density at radius 2 is 1.54 bits per heavy atom. The molecule has 2 aliphatic heterocycles. The Morgan fingerprint density at radius 1 is 0.875 bits per heavy atom. The van der Waals surface area contributed by atoms with Crippen LogP contribution >= 0.6 is 0 Å². The SMILES string of the molecule is CC(C)(C)C(=O)N1CCC[C@H](C(=O)N2CCC[C@@H]2C2CCCC2)C1. The number of rotatable bonds is 2. The molecule has 0 aromatic rings. The van der Waals surface area contributed by atoms with Gasteiger partial charge in [0.1, 0.15) is 0 Å². The van der Waals surface area contributed by atoms with Crippen molar-refractivity contribution >= 4 is 11.8 Å². The van der Waals surface area contributed by atoms with E-state index in [-0.39, 0.29) is 17.2 Å². The van der Waals surface area contributed by atoms with E-state index in [1.807, 2.05) is 25.7 Å². The van der Waals surface area contributed by atoms with E-state index < -0.39 is 0 Å². The van der Waals surface area contributed by atoms with Crippen LogP contribution in [0, 0.1) is 17.3 Å². The summed E-state index contributed by atoms with van der Waals surface area (Å²) in [5, 5.41) is 0. The van der Waals surface area contributed by atoms with Gasteiger partial charge in [-0.15, -0.1) is 0 Å².